The summed E-state index contributed by atoms with van der Waals surface area (Å²) in [4.78, 5) is 11.8. The normalized spacial score (nSPS) is 11.4. The van der Waals surface area contributed by atoms with Gasteiger partial charge in [-0.25, -0.2) is 9.37 Å². The molecular formula is C18H27FIN5S. The first kappa shape index (κ1) is 22.8. The Kier molecular flexibility index (Phi) is 9.45. The second kappa shape index (κ2) is 10.8. The Morgan fingerprint density at radius 1 is 1.23 bits per heavy atom. The van der Waals surface area contributed by atoms with Crippen molar-refractivity contribution in [3.05, 3.63) is 50.7 Å². The summed E-state index contributed by atoms with van der Waals surface area (Å²) in [6, 6.07) is 5.22. The number of aromatic nitrogens is 1. The summed E-state index contributed by atoms with van der Waals surface area (Å²) in [7, 11) is 5.60. The minimum absolute atomic E-state index is 0. The number of benzene rings is 1. The van der Waals surface area contributed by atoms with E-state index in [2.05, 4.69) is 20.6 Å². The van der Waals surface area contributed by atoms with E-state index in [1.165, 1.54) is 10.9 Å². The minimum atomic E-state index is -0.170. The second-order valence-electron chi connectivity index (χ2n) is 6.18. The highest BCUT2D eigenvalue weighted by Gasteiger charge is 2.08. The Labute approximate surface area is 176 Å². The number of thiazole rings is 1. The van der Waals surface area contributed by atoms with E-state index in [9.17, 15) is 4.39 Å². The fourth-order valence-electron chi connectivity index (χ4n) is 2.51. The standard InChI is InChI=1S/C18H26FN5S.HI/c1-12-17(25-13(2)23-12)10-22-18(20-3)21-9-14-6-7-16(19)15(8-14)11-24(4)5;/h6-8H,9-11H2,1-5H3,(H2,20,21,22);1H. The van der Waals surface area contributed by atoms with Crippen molar-refractivity contribution in [1.82, 2.24) is 20.5 Å². The summed E-state index contributed by atoms with van der Waals surface area (Å²) in [6.45, 7) is 5.87. The van der Waals surface area contributed by atoms with Gasteiger partial charge in [0, 0.05) is 30.6 Å². The number of rotatable bonds is 6. The maximum Gasteiger partial charge on any atom is 0.191 e. The van der Waals surface area contributed by atoms with Crippen LogP contribution in [-0.4, -0.2) is 37.0 Å². The monoisotopic (exact) mass is 491 g/mol. The highest BCUT2D eigenvalue weighted by Crippen LogP contribution is 2.16. The lowest BCUT2D eigenvalue weighted by Gasteiger charge is -2.14. The largest absolute Gasteiger partial charge is 0.352 e. The van der Waals surface area contributed by atoms with Gasteiger partial charge in [-0.2, -0.15) is 0 Å². The molecular weight excluding hydrogens is 464 g/mol. The molecule has 5 nitrogen and oxygen atoms in total. The van der Waals surface area contributed by atoms with Crippen LogP contribution in [0.1, 0.15) is 26.7 Å². The van der Waals surface area contributed by atoms with Gasteiger partial charge in [-0.05, 0) is 45.6 Å². The zero-order valence-corrected chi connectivity index (χ0v) is 19.0. The van der Waals surface area contributed by atoms with Gasteiger partial charge in [0.05, 0.1) is 17.2 Å². The molecule has 0 saturated carbocycles. The van der Waals surface area contributed by atoms with Crippen LogP contribution in [0.4, 0.5) is 4.39 Å². The fourth-order valence-corrected chi connectivity index (χ4v) is 3.38. The molecule has 2 N–H and O–H groups in total. The van der Waals surface area contributed by atoms with Crippen LogP contribution in [0.15, 0.2) is 23.2 Å². The number of aliphatic imine (C=N–C) groups is 1. The van der Waals surface area contributed by atoms with Crippen molar-refractivity contribution in [1.29, 1.82) is 0 Å². The number of halogens is 2. The molecule has 1 aromatic carbocycles. The van der Waals surface area contributed by atoms with Crippen LogP contribution < -0.4 is 10.6 Å². The van der Waals surface area contributed by atoms with Gasteiger partial charge in [0.15, 0.2) is 5.96 Å². The van der Waals surface area contributed by atoms with Crippen molar-refractivity contribution in [2.24, 2.45) is 4.99 Å². The number of nitrogens with one attached hydrogen (secondary N) is 2. The van der Waals surface area contributed by atoms with E-state index in [0.717, 1.165) is 16.3 Å². The van der Waals surface area contributed by atoms with E-state index >= 15 is 0 Å². The predicted octanol–water partition coefficient (Wildman–Crippen LogP) is 3.44. The average molecular weight is 491 g/mol. The van der Waals surface area contributed by atoms with Crippen LogP contribution >= 0.6 is 35.3 Å². The van der Waals surface area contributed by atoms with Crippen LogP contribution in [-0.2, 0) is 19.6 Å². The van der Waals surface area contributed by atoms with Crippen molar-refractivity contribution in [3.8, 4) is 0 Å². The van der Waals surface area contributed by atoms with E-state index < -0.39 is 0 Å². The van der Waals surface area contributed by atoms with Crippen LogP contribution in [0.3, 0.4) is 0 Å². The maximum atomic E-state index is 13.9. The molecule has 0 unspecified atom stereocenters. The van der Waals surface area contributed by atoms with Gasteiger partial charge in [-0.1, -0.05) is 6.07 Å². The molecule has 0 saturated heterocycles. The summed E-state index contributed by atoms with van der Waals surface area (Å²) < 4.78 is 13.9. The number of hydrogen-bond donors (Lipinski definition) is 2. The van der Waals surface area contributed by atoms with Crippen LogP contribution in [0.5, 0.6) is 0 Å². The van der Waals surface area contributed by atoms with E-state index in [4.69, 9.17) is 0 Å². The molecule has 2 aromatic rings. The quantitative estimate of drug-likeness (QED) is 0.370. The van der Waals surface area contributed by atoms with Gasteiger partial charge in [0.2, 0.25) is 0 Å². The van der Waals surface area contributed by atoms with Gasteiger partial charge in [-0.3, -0.25) is 4.99 Å². The van der Waals surface area contributed by atoms with E-state index in [1.807, 2.05) is 38.9 Å². The summed E-state index contributed by atoms with van der Waals surface area (Å²) >= 11 is 1.69. The zero-order chi connectivity index (χ0) is 18.4. The SMILES string of the molecule is CN=C(NCc1ccc(F)c(CN(C)C)c1)NCc1sc(C)nc1C.I. The van der Waals surface area contributed by atoms with Crippen molar-refractivity contribution in [2.45, 2.75) is 33.5 Å². The van der Waals surface area contributed by atoms with Gasteiger partial charge >= 0.3 is 0 Å². The Bertz CT molecular complexity index is 745. The molecule has 0 spiro atoms. The first-order valence-corrected chi connectivity index (χ1v) is 9.00. The third-order valence-corrected chi connectivity index (χ3v) is 4.77. The molecule has 26 heavy (non-hydrogen) atoms. The Hall–Kier alpha value is -1.26. The number of hydrogen-bond acceptors (Lipinski definition) is 4. The second-order valence-corrected chi connectivity index (χ2v) is 7.47. The molecule has 2 rings (SSSR count). The molecule has 0 aliphatic carbocycles. The van der Waals surface area contributed by atoms with E-state index in [1.54, 1.807) is 24.5 Å². The zero-order valence-electron chi connectivity index (χ0n) is 15.9. The fraction of sp³-hybridized carbons (Fsp3) is 0.444. The highest BCUT2D eigenvalue weighted by molar-refractivity contribution is 14.0. The van der Waals surface area contributed by atoms with Crippen molar-refractivity contribution in [3.63, 3.8) is 0 Å². The van der Waals surface area contributed by atoms with Crippen LogP contribution in [0.2, 0.25) is 0 Å². The van der Waals surface area contributed by atoms with Gasteiger partial charge < -0.3 is 15.5 Å². The van der Waals surface area contributed by atoms with E-state index in [-0.39, 0.29) is 29.8 Å². The number of nitrogens with zero attached hydrogens (tertiary/aromatic N) is 3. The molecule has 0 atom stereocenters. The van der Waals surface area contributed by atoms with Crippen LogP contribution in [0.25, 0.3) is 0 Å². The molecule has 1 aromatic heterocycles. The van der Waals surface area contributed by atoms with Crippen molar-refractivity contribution >= 4 is 41.3 Å². The summed E-state index contributed by atoms with van der Waals surface area (Å²) in [5.74, 6) is 0.542. The maximum absolute atomic E-state index is 13.9. The van der Waals surface area contributed by atoms with Crippen molar-refractivity contribution < 1.29 is 4.39 Å². The Morgan fingerprint density at radius 3 is 2.50 bits per heavy atom. The van der Waals surface area contributed by atoms with E-state index in [0.29, 0.717) is 31.2 Å². The van der Waals surface area contributed by atoms with Crippen LogP contribution in [0, 0.1) is 19.7 Å². The predicted molar refractivity (Wildman–Crippen MR) is 118 cm³/mol. The molecule has 0 aliphatic rings. The first-order chi connectivity index (χ1) is 11.9. The van der Waals surface area contributed by atoms with Crippen molar-refractivity contribution in [2.75, 3.05) is 21.1 Å². The molecule has 8 heteroatoms. The molecule has 1 heterocycles. The Morgan fingerprint density at radius 2 is 1.92 bits per heavy atom. The lowest BCUT2D eigenvalue weighted by Crippen LogP contribution is -2.36. The molecule has 0 radical (unpaired) electrons. The average Bonchev–Trinajstić information content (AvgIpc) is 2.87. The molecule has 0 bridgehead atoms. The Balaban J connectivity index is 0.00000338. The van der Waals surface area contributed by atoms with Gasteiger partial charge in [-0.15, -0.1) is 35.3 Å². The number of guanidine groups is 1. The molecule has 0 fully saturated rings. The smallest absolute Gasteiger partial charge is 0.191 e. The van der Waals surface area contributed by atoms with Gasteiger partial charge in [0.1, 0.15) is 5.82 Å². The number of aryl methyl sites for hydroxylation is 2. The third kappa shape index (κ3) is 6.81. The van der Waals surface area contributed by atoms with Gasteiger partial charge in [0.25, 0.3) is 0 Å². The summed E-state index contributed by atoms with van der Waals surface area (Å²) in [6.07, 6.45) is 0. The topological polar surface area (TPSA) is 52.6 Å². The lowest BCUT2D eigenvalue weighted by atomic mass is 10.1. The first-order valence-electron chi connectivity index (χ1n) is 8.18. The summed E-state index contributed by atoms with van der Waals surface area (Å²) in [5.41, 5.74) is 2.77. The molecule has 144 valence electrons. The minimum Gasteiger partial charge on any atom is -0.352 e. The molecule has 0 aliphatic heterocycles. The molecule has 0 amide bonds. The summed E-state index contributed by atoms with van der Waals surface area (Å²) in [5, 5.41) is 7.63. The lowest BCUT2D eigenvalue weighted by molar-refractivity contribution is 0.392. The third-order valence-electron chi connectivity index (χ3n) is 3.70. The highest BCUT2D eigenvalue weighted by atomic mass is 127.